The zero-order valence-electron chi connectivity index (χ0n) is 25.1. The fraction of sp³-hybridized carbons (Fsp3) is 0.270. The van der Waals surface area contributed by atoms with Crippen LogP contribution in [-0.2, 0) is 14.3 Å². The molecule has 7 heteroatoms. The second-order valence-electron chi connectivity index (χ2n) is 12.4. The Morgan fingerprint density at radius 2 is 1.61 bits per heavy atom. The summed E-state index contributed by atoms with van der Waals surface area (Å²) in [5.41, 5.74) is 7.46. The summed E-state index contributed by atoms with van der Waals surface area (Å²) in [5.74, 6) is -1.36. The predicted molar refractivity (Wildman–Crippen MR) is 167 cm³/mol. The van der Waals surface area contributed by atoms with Crippen molar-refractivity contribution >= 4 is 40.2 Å². The van der Waals surface area contributed by atoms with Crippen LogP contribution in [0.4, 0.5) is 5.69 Å². The maximum atomic E-state index is 13.4. The number of benzene rings is 3. The average molecular weight is 585 g/mol. The number of esters is 1. The maximum Gasteiger partial charge on any atom is 0.339 e. The molecule has 2 bridgehead atoms. The molecule has 1 aliphatic heterocycles. The van der Waals surface area contributed by atoms with Crippen LogP contribution >= 0.6 is 0 Å². The van der Waals surface area contributed by atoms with Gasteiger partial charge < -0.3 is 4.74 Å². The third-order valence-corrected chi connectivity index (χ3v) is 9.65. The number of ketones is 1. The molecular weight excluding hydrogens is 552 g/mol. The number of imide groups is 1. The van der Waals surface area contributed by atoms with Gasteiger partial charge in [-0.3, -0.25) is 19.3 Å². The number of carbonyl (C=O) groups is 4. The van der Waals surface area contributed by atoms with Gasteiger partial charge in [-0.25, -0.2) is 9.78 Å². The fourth-order valence-electron chi connectivity index (χ4n) is 7.17. The maximum absolute atomic E-state index is 13.4. The number of ether oxygens (including phenoxy) is 1. The molecule has 4 atom stereocenters. The molecule has 4 unspecified atom stereocenters. The minimum atomic E-state index is -0.614. The van der Waals surface area contributed by atoms with Crippen LogP contribution in [0.25, 0.3) is 22.2 Å². The fourth-order valence-corrected chi connectivity index (χ4v) is 7.17. The first-order valence-electron chi connectivity index (χ1n) is 15.0. The van der Waals surface area contributed by atoms with Gasteiger partial charge in [-0.15, -0.1) is 0 Å². The molecule has 1 aromatic heterocycles. The van der Waals surface area contributed by atoms with Crippen LogP contribution in [-0.4, -0.2) is 35.2 Å². The Morgan fingerprint density at radius 3 is 2.36 bits per heavy atom. The number of aromatic nitrogens is 1. The van der Waals surface area contributed by atoms with Gasteiger partial charge >= 0.3 is 5.97 Å². The summed E-state index contributed by atoms with van der Waals surface area (Å²) in [6, 6.07) is 19.9. The van der Waals surface area contributed by atoms with Crippen molar-refractivity contribution in [3.05, 3.63) is 106 Å². The number of amides is 2. The largest absolute Gasteiger partial charge is 0.454 e. The molecule has 7 nitrogen and oxygen atoms in total. The SMILES string of the molecule is CC1=CC2CC1C1C(=O)N(c3ccc(-c4cc(C(=O)OCC(=O)c5ccc(C)c(C)c5)c5cc(C)ccc5n4)cc3)C(=O)C21. The van der Waals surface area contributed by atoms with Gasteiger partial charge in [-0.2, -0.15) is 0 Å². The number of aryl methyl sites for hydroxylation is 3. The van der Waals surface area contributed by atoms with E-state index in [9.17, 15) is 19.2 Å². The number of carbonyl (C=O) groups excluding carboxylic acids is 4. The monoisotopic (exact) mass is 584 g/mol. The first-order chi connectivity index (χ1) is 21.1. The molecule has 0 radical (unpaired) electrons. The highest BCUT2D eigenvalue weighted by Gasteiger charge is 2.60. The molecule has 2 fully saturated rings. The van der Waals surface area contributed by atoms with Crippen molar-refractivity contribution in [1.82, 2.24) is 4.98 Å². The predicted octanol–water partition coefficient (Wildman–Crippen LogP) is 6.57. The van der Waals surface area contributed by atoms with Crippen LogP contribution in [0.15, 0.2) is 78.4 Å². The number of nitrogens with zero attached hydrogens (tertiary/aromatic N) is 2. The summed E-state index contributed by atoms with van der Waals surface area (Å²) < 4.78 is 5.53. The summed E-state index contributed by atoms with van der Waals surface area (Å²) in [5, 5.41) is 0.632. The summed E-state index contributed by atoms with van der Waals surface area (Å²) in [6.07, 6.45) is 3.06. The Balaban J connectivity index is 1.16. The smallest absolute Gasteiger partial charge is 0.339 e. The van der Waals surface area contributed by atoms with Gasteiger partial charge in [0.05, 0.1) is 34.3 Å². The van der Waals surface area contributed by atoms with Crippen LogP contribution in [0.3, 0.4) is 0 Å². The first kappa shape index (κ1) is 27.9. The molecule has 44 heavy (non-hydrogen) atoms. The Kier molecular flexibility index (Phi) is 6.57. The summed E-state index contributed by atoms with van der Waals surface area (Å²) in [6.45, 7) is 7.52. The minimum Gasteiger partial charge on any atom is -0.454 e. The van der Waals surface area contributed by atoms with Crippen molar-refractivity contribution < 1.29 is 23.9 Å². The summed E-state index contributed by atoms with van der Waals surface area (Å²) in [7, 11) is 0. The number of Topliss-reactive ketones (excluding diaryl/α,β-unsaturated/α-hetero) is 1. The zero-order valence-corrected chi connectivity index (χ0v) is 25.1. The lowest BCUT2D eigenvalue weighted by Crippen LogP contribution is -2.32. The molecule has 220 valence electrons. The van der Waals surface area contributed by atoms with E-state index in [1.54, 1.807) is 30.3 Å². The molecule has 2 amide bonds. The van der Waals surface area contributed by atoms with Gasteiger partial charge in [-0.1, -0.05) is 47.5 Å². The number of fused-ring (bicyclic) bond motifs is 6. The van der Waals surface area contributed by atoms with Gasteiger partial charge in [-0.05, 0) is 93.5 Å². The topological polar surface area (TPSA) is 93.6 Å². The van der Waals surface area contributed by atoms with Crippen LogP contribution in [0.1, 0.15) is 50.8 Å². The Morgan fingerprint density at radius 1 is 0.864 bits per heavy atom. The molecule has 1 saturated heterocycles. The van der Waals surface area contributed by atoms with Crippen molar-refractivity contribution in [2.75, 3.05) is 11.5 Å². The van der Waals surface area contributed by atoms with E-state index in [4.69, 9.17) is 9.72 Å². The van der Waals surface area contributed by atoms with E-state index >= 15 is 0 Å². The average Bonchev–Trinajstić information content (AvgIpc) is 3.66. The minimum absolute atomic E-state index is 0.118. The van der Waals surface area contributed by atoms with Crippen molar-refractivity contribution in [1.29, 1.82) is 0 Å². The highest BCUT2D eigenvalue weighted by Crippen LogP contribution is 2.56. The Hall–Kier alpha value is -4.91. The van der Waals surface area contributed by atoms with Gasteiger partial charge in [0.25, 0.3) is 0 Å². The summed E-state index contributed by atoms with van der Waals surface area (Å²) in [4.78, 5) is 59.1. The molecule has 3 aliphatic rings. The third kappa shape index (κ3) is 4.46. The van der Waals surface area contributed by atoms with E-state index < -0.39 is 5.97 Å². The van der Waals surface area contributed by atoms with E-state index in [-0.39, 0.29) is 47.9 Å². The normalized spacial score (nSPS) is 22.0. The van der Waals surface area contributed by atoms with E-state index in [0.29, 0.717) is 39.0 Å². The second kappa shape index (κ2) is 10.4. The molecule has 7 rings (SSSR count). The van der Waals surface area contributed by atoms with Crippen LogP contribution in [0.2, 0.25) is 0 Å². The van der Waals surface area contributed by atoms with E-state index in [1.165, 1.54) is 10.5 Å². The molecule has 2 aliphatic carbocycles. The Labute approximate surface area is 255 Å². The van der Waals surface area contributed by atoms with Crippen LogP contribution < -0.4 is 4.90 Å². The van der Waals surface area contributed by atoms with Crippen molar-refractivity contribution in [2.24, 2.45) is 23.7 Å². The molecule has 3 aromatic carbocycles. The highest BCUT2D eigenvalue weighted by molar-refractivity contribution is 6.23. The van der Waals surface area contributed by atoms with Gasteiger partial charge in [0.2, 0.25) is 11.8 Å². The van der Waals surface area contributed by atoms with Crippen molar-refractivity contribution in [3.8, 4) is 11.3 Å². The summed E-state index contributed by atoms with van der Waals surface area (Å²) >= 11 is 0. The quantitative estimate of drug-likeness (QED) is 0.110. The number of hydrogen-bond acceptors (Lipinski definition) is 6. The van der Waals surface area contributed by atoms with Crippen molar-refractivity contribution in [2.45, 2.75) is 34.1 Å². The zero-order chi connectivity index (χ0) is 30.9. The van der Waals surface area contributed by atoms with Crippen molar-refractivity contribution in [3.63, 3.8) is 0 Å². The van der Waals surface area contributed by atoms with E-state index in [2.05, 4.69) is 13.0 Å². The molecule has 1 saturated carbocycles. The standard InChI is InChI=1S/C37H32N2O5/c1-19-5-12-30-28(13-19)29(37(43)44-18-32(40)24-7-6-20(2)21(3)14-24)17-31(38-30)23-8-10-26(11-9-23)39-35(41)33-25-15-22(4)27(16-25)34(33)36(39)42/h5-15,17,25,27,33-34H,16,18H2,1-4H3. The molecule has 2 heterocycles. The first-order valence-corrected chi connectivity index (χ1v) is 15.0. The lowest BCUT2D eigenvalue weighted by molar-refractivity contribution is -0.123. The lowest BCUT2D eigenvalue weighted by Gasteiger charge is -2.19. The molecule has 0 N–H and O–H groups in total. The number of allylic oxidation sites excluding steroid dienone is 2. The number of anilines is 1. The van der Waals surface area contributed by atoms with Gasteiger partial charge in [0.1, 0.15) is 0 Å². The molecular formula is C37H32N2O5. The number of rotatable bonds is 6. The third-order valence-electron chi connectivity index (χ3n) is 9.65. The lowest BCUT2D eigenvalue weighted by atomic mass is 9.82. The van der Waals surface area contributed by atoms with Crippen LogP contribution in [0.5, 0.6) is 0 Å². The van der Waals surface area contributed by atoms with Crippen LogP contribution in [0, 0.1) is 44.4 Å². The van der Waals surface area contributed by atoms with Gasteiger partial charge in [0, 0.05) is 16.5 Å². The number of pyridine rings is 1. The number of hydrogen-bond donors (Lipinski definition) is 0. The Bertz CT molecular complexity index is 1940. The van der Waals surface area contributed by atoms with E-state index in [1.807, 2.05) is 57.2 Å². The van der Waals surface area contributed by atoms with Gasteiger partial charge in [0.15, 0.2) is 12.4 Å². The van der Waals surface area contributed by atoms with E-state index in [0.717, 1.165) is 23.1 Å². The highest BCUT2D eigenvalue weighted by atomic mass is 16.5. The second-order valence-corrected chi connectivity index (χ2v) is 12.4. The molecule has 4 aromatic rings. The molecule has 0 spiro atoms.